The monoisotopic (exact) mass is 314 g/mol. The van der Waals surface area contributed by atoms with Gasteiger partial charge in [0.05, 0.1) is 0 Å². The first-order valence-electron chi connectivity index (χ1n) is 9.34. The zero-order valence-corrected chi connectivity index (χ0v) is 14.9. The van der Waals surface area contributed by atoms with Gasteiger partial charge in [-0.05, 0) is 46.0 Å². The van der Waals surface area contributed by atoms with Crippen molar-refractivity contribution in [3.05, 3.63) is 12.2 Å². The zero-order chi connectivity index (χ0) is 16.3. The van der Waals surface area contributed by atoms with E-state index >= 15 is 0 Å². The topological polar surface area (TPSA) is 38.7 Å². The third kappa shape index (κ3) is 16.0. The number of ether oxygens (including phenoxy) is 2. The van der Waals surface area contributed by atoms with Gasteiger partial charge in [0, 0.05) is 19.8 Å². The lowest BCUT2D eigenvalue weighted by molar-refractivity contribution is -0.140. The van der Waals surface area contributed by atoms with Crippen molar-refractivity contribution in [2.24, 2.45) is 0 Å². The second-order valence-electron chi connectivity index (χ2n) is 5.73. The van der Waals surface area contributed by atoms with Gasteiger partial charge < -0.3 is 14.6 Å². The van der Waals surface area contributed by atoms with Gasteiger partial charge in [0.15, 0.2) is 6.29 Å². The molecule has 3 heteroatoms. The number of aliphatic hydroxyl groups is 1. The van der Waals surface area contributed by atoms with Crippen LogP contribution in [0.2, 0.25) is 0 Å². The fourth-order valence-electron chi connectivity index (χ4n) is 2.53. The van der Waals surface area contributed by atoms with Gasteiger partial charge in [-0.15, -0.1) is 0 Å². The Kier molecular flexibility index (Phi) is 18.3. The molecule has 0 unspecified atom stereocenters. The van der Waals surface area contributed by atoms with Crippen LogP contribution >= 0.6 is 0 Å². The summed E-state index contributed by atoms with van der Waals surface area (Å²) in [7, 11) is 0. The predicted molar refractivity (Wildman–Crippen MR) is 94.1 cm³/mol. The molecule has 0 saturated heterocycles. The van der Waals surface area contributed by atoms with E-state index in [0.717, 1.165) is 32.5 Å². The van der Waals surface area contributed by atoms with E-state index in [1.54, 1.807) is 0 Å². The number of hydrogen-bond donors (Lipinski definition) is 1. The van der Waals surface area contributed by atoms with Crippen molar-refractivity contribution in [2.75, 3.05) is 19.8 Å². The molecule has 0 aliphatic rings. The maximum absolute atomic E-state index is 8.65. The van der Waals surface area contributed by atoms with Crippen LogP contribution in [0.15, 0.2) is 12.2 Å². The van der Waals surface area contributed by atoms with E-state index in [1.807, 2.05) is 13.8 Å². The molecule has 0 aliphatic carbocycles. The van der Waals surface area contributed by atoms with E-state index in [0.29, 0.717) is 0 Å². The Morgan fingerprint density at radius 1 is 0.727 bits per heavy atom. The van der Waals surface area contributed by atoms with Gasteiger partial charge in [0.25, 0.3) is 0 Å². The summed E-state index contributed by atoms with van der Waals surface area (Å²) in [6.45, 7) is 5.79. The fraction of sp³-hybridized carbons (Fsp3) is 0.895. The SMILES string of the molecule is CCOC(CCCCCCCCCC/C=C\CCO)OCC. The highest BCUT2D eigenvalue weighted by molar-refractivity contribution is 4.80. The summed E-state index contributed by atoms with van der Waals surface area (Å²) in [6.07, 6.45) is 17.8. The lowest BCUT2D eigenvalue weighted by Crippen LogP contribution is -2.17. The maximum atomic E-state index is 8.65. The largest absolute Gasteiger partial charge is 0.396 e. The molecule has 0 fully saturated rings. The first-order valence-corrected chi connectivity index (χ1v) is 9.34. The Balaban J connectivity index is 3.22. The first-order chi connectivity index (χ1) is 10.8. The zero-order valence-electron chi connectivity index (χ0n) is 14.9. The standard InChI is InChI=1S/C19H38O3/c1-3-21-19(22-4-2)17-15-13-11-9-7-5-6-8-10-12-14-16-18-20/h12,14,19-20H,3-11,13,15-18H2,1-2H3/b14-12-. The molecule has 3 nitrogen and oxygen atoms in total. The van der Waals surface area contributed by atoms with E-state index < -0.39 is 0 Å². The molecular formula is C19H38O3. The molecule has 0 atom stereocenters. The number of unbranched alkanes of at least 4 members (excludes halogenated alkanes) is 8. The molecule has 132 valence electrons. The van der Waals surface area contributed by atoms with Crippen molar-refractivity contribution in [3.63, 3.8) is 0 Å². The molecule has 0 radical (unpaired) electrons. The minimum atomic E-state index is 0.00823. The highest BCUT2D eigenvalue weighted by Crippen LogP contribution is 2.13. The summed E-state index contributed by atoms with van der Waals surface area (Å²) in [5, 5.41) is 8.65. The van der Waals surface area contributed by atoms with Gasteiger partial charge in [-0.25, -0.2) is 0 Å². The van der Waals surface area contributed by atoms with Crippen LogP contribution in [-0.4, -0.2) is 31.2 Å². The summed E-state index contributed by atoms with van der Waals surface area (Å²) in [5.41, 5.74) is 0. The van der Waals surface area contributed by atoms with Gasteiger partial charge in [-0.3, -0.25) is 0 Å². The fourth-order valence-corrected chi connectivity index (χ4v) is 2.53. The Bertz CT molecular complexity index is 223. The second-order valence-corrected chi connectivity index (χ2v) is 5.73. The molecule has 0 heterocycles. The van der Waals surface area contributed by atoms with Crippen LogP contribution in [0.25, 0.3) is 0 Å². The van der Waals surface area contributed by atoms with Gasteiger partial charge in [-0.1, -0.05) is 50.7 Å². The molecule has 1 N–H and O–H groups in total. The first kappa shape index (κ1) is 21.6. The van der Waals surface area contributed by atoms with Gasteiger partial charge in [0.1, 0.15) is 0 Å². The summed E-state index contributed by atoms with van der Waals surface area (Å²) in [4.78, 5) is 0. The molecule has 0 aliphatic heterocycles. The molecule has 0 aromatic rings. The van der Waals surface area contributed by atoms with Crippen molar-refractivity contribution in [1.29, 1.82) is 0 Å². The highest BCUT2D eigenvalue weighted by atomic mass is 16.7. The molecule has 0 aromatic heterocycles. The van der Waals surface area contributed by atoms with Crippen LogP contribution in [0.1, 0.15) is 84.5 Å². The summed E-state index contributed by atoms with van der Waals surface area (Å²) < 4.78 is 11.1. The number of rotatable bonds is 17. The molecule has 0 rings (SSSR count). The molecular weight excluding hydrogens is 276 g/mol. The van der Waals surface area contributed by atoms with Crippen LogP contribution in [0.5, 0.6) is 0 Å². The van der Waals surface area contributed by atoms with Crippen molar-refractivity contribution >= 4 is 0 Å². The van der Waals surface area contributed by atoms with Crippen molar-refractivity contribution in [1.82, 2.24) is 0 Å². The van der Waals surface area contributed by atoms with Crippen LogP contribution < -0.4 is 0 Å². The van der Waals surface area contributed by atoms with Crippen LogP contribution in [0.4, 0.5) is 0 Å². The van der Waals surface area contributed by atoms with Gasteiger partial charge in [-0.2, -0.15) is 0 Å². The average Bonchev–Trinajstić information content (AvgIpc) is 2.52. The Morgan fingerprint density at radius 2 is 1.23 bits per heavy atom. The van der Waals surface area contributed by atoms with E-state index in [4.69, 9.17) is 14.6 Å². The smallest absolute Gasteiger partial charge is 0.157 e. The number of aliphatic hydroxyl groups excluding tert-OH is 1. The Hall–Kier alpha value is -0.380. The molecule has 0 amide bonds. The normalized spacial score (nSPS) is 11.8. The summed E-state index contributed by atoms with van der Waals surface area (Å²) in [5.74, 6) is 0. The molecule has 0 aromatic carbocycles. The van der Waals surface area contributed by atoms with Gasteiger partial charge >= 0.3 is 0 Å². The number of hydrogen-bond acceptors (Lipinski definition) is 3. The van der Waals surface area contributed by atoms with Crippen molar-refractivity contribution < 1.29 is 14.6 Å². The Labute approximate surface area is 138 Å². The second kappa shape index (κ2) is 18.7. The minimum Gasteiger partial charge on any atom is -0.396 e. The van der Waals surface area contributed by atoms with E-state index in [9.17, 15) is 0 Å². The van der Waals surface area contributed by atoms with E-state index in [2.05, 4.69) is 12.2 Å². The molecule has 22 heavy (non-hydrogen) atoms. The maximum Gasteiger partial charge on any atom is 0.157 e. The Morgan fingerprint density at radius 3 is 1.77 bits per heavy atom. The lowest BCUT2D eigenvalue weighted by Gasteiger charge is -2.16. The van der Waals surface area contributed by atoms with Crippen LogP contribution in [0.3, 0.4) is 0 Å². The predicted octanol–water partition coefficient (Wildman–Crippen LogP) is 5.23. The van der Waals surface area contributed by atoms with Crippen LogP contribution in [-0.2, 0) is 9.47 Å². The minimum absolute atomic E-state index is 0.00823. The third-order valence-electron chi connectivity index (χ3n) is 3.73. The molecule has 0 saturated carbocycles. The average molecular weight is 315 g/mol. The van der Waals surface area contributed by atoms with Crippen molar-refractivity contribution in [2.45, 2.75) is 90.8 Å². The lowest BCUT2D eigenvalue weighted by atomic mass is 10.1. The summed E-state index contributed by atoms with van der Waals surface area (Å²) in [6, 6.07) is 0. The van der Waals surface area contributed by atoms with E-state index in [-0.39, 0.29) is 12.9 Å². The highest BCUT2D eigenvalue weighted by Gasteiger charge is 2.06. The molecule has 0 bridgehead atoms. The quantitative estimate of drug-likeness (QED) is 0.227. The molecule has 0 spiro atoms. The number of allylic oxidation sites excluding steroid dienone is 1. The van der Waals surface area contributed by atoms with Gasteiger partial charge in [0.2, 0.25) is 0 Å². The van der Waals surface area contributed by atoms with E-state index in [1.165, 1.54) is 51.4 Å². The third-order valence-corrected chi connectivity index (χ3v) is 3.73. The van der Waals surface area contributed by atoms with Crippen molar-refractivity contribution in [3.8, 4) is 0 Å². The van der Waals surface area contributed by atoms with Crippen LogP contribution in [0, 0.1) is 0 Å². The summed E-state index contributed by atoms with van der Waals surface area (Å²) >= 11 is 0.